The minimum Gasteiger partial charge on any atom is -0.483 e. The molecule has 0 unspecified atom stereocenters. The first-order chi connectivity index (χ1) is 12.5. The Morgan fingerprint density at radius 2 is 1.69 bits per heavy atom. The molecule has 0 aromatic heterocycles. The van der Waals surface area contributed by atoms with E-state index in [9.17, 15) is 9.59 Å². The van der Waals surface area contributed by atoms with Crippen molar-refractivity contribution in [2.75, 3.05) is 25.0 Å². The summed E-state index contributed by atoms with van der Waals surface area (Å²) in [6.45, 7) is 5.44. The van der Waals surface area contributed by atoms with Crippen LogP contribution in [0.25, 0.3) is 0 Å². The van der Waals surface area contributed by atoms with Gasteiger partial charge in [0.05, 0.1) is 0 Å². The van der Waals surface area contributed by atoms with Crippen molar-refractivity contribution in [3.63, 3.8) is 0 Å². The average molecular weight is 352 g/mol. The number of hydrogen-bond donors (Lipinski definition) is 1. The second kappa shape index (κ2) is 8.04. The van der Waals surface area contributed by atoms with Crippen LogP contribution >= 0.6 is 0 Å². The van der Waals surface area contributed by atoms with Crippen LogP contribution in [0.3, 0.4) is 0 Å². The maximum atomic E-state index is 12.5. The fourth-order valence-corrected chi connectivity index (χ4v) is 3.19. The van der Waals surface area contributed by atoms with Crippen molar-refractivity contribution in [1.29, 1.82) is 0 Å². The molecule has 2 aromatic rings. The van der Waals surface area contributed by atoms with Crippen LogP contribution in [0.4, 0.5) is 5.69 Å². The highest BCUT2D eigenvalue weighted by Crippen LogP contribution is 2.22. The molecule has 0 bridgehead atoms. The topological polar surface area (TPSA) is 58.6 Å². The molecule has 1 aliphatic rings. The average Bonchev–Trinajstić information content (AvgIpc) is 3.15. The SMILES string of the molecule is Cc1cccc(C)c1OCC(=O)Nc1cccc(C(=O)N2CCCC2)c1. The predicted octanol–water partition coefficient (Wildman–Crippen LogP) is 3.56. The highest BCUT2D eigenvalue weighted by atomic mass is 16.5. The molecule has 0 radical (unpaired) electrons. The number of nitrogens with zero attached hydrogens (tertiary/aromatic N) is 1. The summed E-state index contributed by atoms with van der Waals surface area (Å²) in [6.07, 6.45) is 2.11. The Labute approximate surface area is 154 Å². The molecule has 3 rings (SSSR count). The molecule has 2 aromatic carbocycles. The van der Waals surface area contributed by atoms with Gasteiger partial charge >= 0.3 is 0 Å². The molecule has 1 N–H and O–H groups in total. The van der Waals surface area contributed by atoms with Gasteiger partial charge in [0.15, 0.2) is 6.61 Å². The number of ether oxygens (including phenoxy) is 1. The van der Waals surface area contributed by atoms with Crippen molar-refractivity contribution >= 4 is 17.5 Å². The summed E-state index contributed by atoms with van der Waals surface area (Å²) in [7, 11) is 0. The zero-order valence-electron chi connectivity index (χ0n) is 15.2. The maximum Gasteiger partial charge on any atom is 0.262 e. The van der Waals surface area contributed by atoms with Crippen LogP contribution in [0, 0.1) is 13.8 Å². The number of amides is 2. The highest BCUT2D eigenvalue weighted by molar-refractivity contribution is 5.97. The van der Waals surface area contributed by atoms with Crippen LogP contribution in [-0.2, 0) is 4.79 Å². The van der Waals surface area contributed by atoms with Gasteiger partial charge in [-0.05, 0) is 56.0 Å². The van der Waals surface area contributed by atoms with E-state index < -0.39 is 0 Å². The van der Waals surface area contributed by atoms with Gasteiger partial charge in [-0.2, -0.15) is 0 Å². The second-order valence-electron chi connectivity index (χ2n) is 6.64. The summed E-state index contributed by atoms with van der Waals surface area (Å²) < 4.78 is 5.67. The molecule has 5 heteroatoms. The van der Waals surface area contributed by atoms with Crippen LogP contribution in [0.1, 0.15) is 34.3 Å². The zero-order chi connectivity index (χ0) is 18.5. The largest absolute Gasteiger partial charge is 0.483 e. The van der Waals surface area contributed by atoms with E-state index in [4.69, 9.17) is 4.74 Å². The summed E-state index contributed by atoms with van der Waals surface area (Å²) in [6, 6.07) is 12.9. The predicted molar refractivity (Wildman–Crippen MR) is 102 cm³/mol. The first-order valence-corrected chi connectivity index (χ1v) is 8.93. The lowest BCUT2D eigenvalue weighted by molar-refractivity contribution is -0.118. The molecule has 2 amide bonds. The van der Waals surface area contributed by atoms with Gasteiger partial charge in [-0.15, -0.1) is 0 Å². The van der Waals surface area contributed by atoms with E-state index in [0.717, 1.165) is 42.8 Å². The lowest BCUT2D eigenvalue weighted by Gasteiger charge is -2.16. The van der Waals surface area contributed by atoms with E-state index in [1.54, 1.807) is 24.3 Å². The van der Waals surface area contributed by atoms with Crippen LogP contribution in [-0.4, -0.2) is 36.4 Å². The van der Waals surface area contributed by atoms with Crippen molar-refractivity contribution in [1.82, 2.24) is 4.90 Å². The van der Waals surface area contributed by atoms with E-state index in [1.165, 1.54) is 0 Å². The summed E-state index contributed by atoms with van der Waals surface area (Å²) in [4.78, 5) is 26.5. The number of anilines is 1. The summed E-state index contributed by atoms with van der Waals surface area (Å²) in [5.41, 5.74) is 3.19. The van der Waals surface area contributed by atoms with E-state index in [-0.39, 0.29) is 18.4 Å². The number of rotatable bonds is 5. The normalized spacial score (nSPS) is 13.5. The lowest BCUT2D eigenvalue weighted by atomic mass is 10.1. The van der Waals surface area contributed by atoms with E-state index in [2.05, 4.69) is 5.32 Å². The van der Waals surface area contributed by atoms with Crippen molar-refractivity contribution in [3.05, 3.63) is 59.2 Å². The number of nitrogens with one attached hydrogen (secondary N) is 1. The van der Waals surface area contributed by atoms with Crippen LogP contribution in [0.15, 0.2) is 42.5 Å². The van der Waals surface area contributed by atoms with Crippen molar-refractivity contribution in [2.45, 2.75) is 26.7 Å². The van der Waals surface area contributed by atoms with Gasteiger partial charge in [-0.1, -0.05) is 24.3 Å². The first-order valence-electron chi connectivity index (χ1n) is 8.93. The molecule has 0 aliphatic carbocycles. The molecule has 0 saturated carbocycles. The zero-order valence-corrected chi connectivity index (χ0v) is 15.2. The maximum absolute atomic E-state index is 12.5. The van der Waals surface area contributed by atoms with E-state index in [1.807, 2.05) is 36.9 Å². The quantitative estimate of drug-likeness (QED) is 0.895. The number of carbonyl (C=O) groups is 2. The molecule has 1 fully saturated rings. The lowest BCUT2D eigenvalue weighted by Crippen LogP contribution is -2.27. The smallest absolute Gasteiger partial charge is 0.262 e. The third-order valence-electron chi connectivity index (χ3n) is 4.54. The fourth-order valence-electron chi connectivity index (χ4n) is 3.19. The number of likely N-dealkylation sites (tertiary alicyclic amines) is 1. The molecule has 1 heterocycles. The van der Waals surface area contributed by atoms with Crippen molar-refractivity contribution < 1.29 is 14.3 Å². The number of benzene rings is 2. The van der Waals surface area contributed by atoms with Crippen LogP contribution in [0.5, 0.6) is 5.75 Å². The Bertz CT molecular complexity index is 790. The minimum atomic E-state index is -0.251. The van der Waals surface area contributed by atoms with Gasteiger partial charge in [0.2, 0.25) is 0 Å². The number of carbonyl (C=O) groups excluding carboxylic acids is 2. The van der Waals surface area contributed by atoms with Gasteiger partial charge in [0.25, 0.3) is 11.8 Å². The molecular formula is C21H24N2O3. The molecule has 0 atom stereocenters. The van der Waals surface area contributed by atoms with Crippen LogP contribution < -0.4 is 10.1 Å². The summed E-state index contributed by atoms with van der Waals surface area (Å²) in [5, 5.41) is 2.80. The Kier molecular flexibility index (Phi) is 5.56. The van der Waals surface area contributed by atoms with Gasteiger partial charge in [-0.25, -0.2) is 0 Å². The number of hydrogen-bond acceptors (Lipinski definition) is 3. The molecule has 1 aliphatic heterocycles. The molecule has 1 saturated heterocycles. The number of para-hydroxylation sites is 1. The van der Waals surface area contributed by atoms with Gasteiger partial charge in [0.1, 0.15) is 5.75 Å². The third kappa shape index (κ3) is 4.23. The Balaban J connectivity index is 1.61. The molecule has 0 spiro atoms. The second-order valence-corrected chi connectivity index (χ2v) is 6.64. The van der Waals surface area contributed by atoms with E-state index in [0.29, 0.717) is 11.3 Å². The van der Waals surface area contributed by atoms with Gasteiger partial charge in [0, 0.05) is 24.3 Å². The van der Waals surface area contributed by atoms with E-state index >= 15 is 0 Å². The third-order valence-corrected chi connectivity index (χ3v) is 4.54. The van der Waals surface area contributed by atoms with Gasteiger partial charge < -0.3 is 15.0 Å². The molecule has 26 heavy (non-hydrogen) atoms. The Hall–Kier alpha value is -2.82. The summed E-state index contributed by atoms with van der Waals surface area (Å²) >= 11 is 0. The fraction of sp³-hybridized carbons (Fsp3) is 0.333. The van der Waals surface area contributed by atoms with Crippen LogP contribution in [0.2, 0.25) is 0 Å². The molecule has 136 valence electrons. The summed E-state index contributed by atoms with van der Waals surface area (Å²) in [5.74, 6) is 0.504. The highest BCUT2D eigenvalue weighted by Gasteiger charge is 2.19. The standard InChI is InChI=1S/C21H24N2O3/c1-15-7-5-8-16(2)20(15)26-14-19(24)22-18-10-6-9-17(13-18)21(25)23-11-3-4-12-23/h5-10,13H,3-4,11-12,14H2,1-2H3,(H,22,24). The first kappa shape index (κ1) is 18.0. The Morgan fingerprint density at radius 3 is 2.38 bits per heavy atom. The van der Waals surface area contributed by atoms with Crippen molar-refractivity contribution in [3.8, 4) is 5.75 Å². The Morgan fingerprint density at radius 1 is 1.04 bits per heavy atom. The molecular weight excluding hydrogens is 328 g/mol. The van der Waals surface area contributed by atoms with Gasteiger partial charge in [-0.3, -0.25) is 9.59 Å². The number of aryl methyl sites for hydroxylation is 2. The molecule has 5 nitrogen and oxygen atoms in total. The van der Waals surface area contributed by atoms with Crippen molar-refractivity contribution in [2.24, 2.45) is 0 Å². The monoisotopic (exact) mass is 352 g/mol. The minimum absolute atomic E-state index is 0.0189.